The summed E-state index contributed by atoms with van der Waals surface area (Å²) in [6.07, 6.45) is 0. The van der Waals surface area contributed by atoms with E-state index in [-0.39, 0.29) is 24.4 Å². The molecule has 0 aliphatic heterocycles. The molecular formula is C21H29O6P. The van der Waals surface area contributed by atoms with Gasteiger partial charge in [0.1, 0.15) is 0 Å². The van der Waals surface area contributed by atoms with Crippen molar-refractivity contribution in [3.05, 3.63) is 53.6 Å². The van der Waals surface area contributed by atoms with E-state index in [0.717, 1.165) is 11.1 Å². The Labute approximate surface area is 167 Å². The van der Waals surface area contributed by atoms with E-state index in [1.807, 2.05) is 30.3 Å². The van der Waals surface area contributed by atoms with E-state index >= 15 is 0 Å². The van der Waals surface area contributed by atoms with E-state index < -0.39 is 7.82 Å². The van der Waals surface area contributed by atoms with Gasteiger partial charge in [-0.25, -0.2) is 4.57 Å². The zero-order chi connectivity index (χ0) is 20.8. The average molecular weight is 408 g/mol. The number of methoxy groups -OCH3 is 2. The van der Waals surface area contributed by atoms with E-state index in [0.29, 0.717) is 11.5 Å². The summed E-state index contributed by atoms with van der Waals surface area (Å²) in [5.74, 6) is 0.957. The quantitative estimate of drug-likeness (QED) is 0.478. The third kappa shape index (κ3) is 4.88. The first-order valence-corrected chi connectivity index (χ1v) is 10.7. The molecule has 6 nitrogen and oxygen atoms in total. The molecule has 0 fully saturated rings. The van der Waals surface area contributed by atoms with Gasteiger partial charge in [0.2, 0.25) is 5.75 Å². The van der Waals surface area contributed by atoms with Crippen molar-refractivity contribution in [3.8, 4) is 17.2 Å². The number of phosphoric acid groups is 1. The maximum atomic E-state index is 12.8. The fraction of sp³-hybridized carbons (Fsp3) is 0.429. The summed E-state index contributed by atoms with van der Waals surface area (Å²) in [5, 5.41) is 0. The van der Waals surface area contributed by atoms with E-state index in [4.69, 9.17) is 23.0 Å². The summed E-state index contributed by atoms with van der Waals surface area (Å²) < 4.78 is 40.0. The molecule has 2 aromatic rings. The highest BCUT2D eigenvalue weighted by atomic mass is 31.2. The van der Waals surface area contributed by atoms with Crippen molar-refractivity contribution in [1.29, 1.82) is 0 Å². The van der Waals surface area contributed by atoms with Crippen LogP contribution in [0.3, 0.4) is 0 Å². The van der Waals surface area contributed by atoms with E-state index in [9.17, 15) is 4.57 Å². The lowest BCUT2D eigenvalue weighted by Crippen LogP contribution is -2.19. The molecule has 28 heavy (non-hydrogen) atoms. The Kier molecular flexibility index (Phi) is 7.53. The summed E-state index contributed by atoms with van der Waals surface area (Å²) >= 11 is 0. The van der Waals surface area contributed by atoms with Crippen LogP contribution >= 0.6 is 7.82 Å². The van der Waals surface area contributed by atoms with Crippen LogP contribution < -0.4 is 14.0 Å². The van der Waals surface area contributed by atoms with Crippen molar-refractivity contribution in [1.82, 2.24) is 0 Å². The van der Waals surface area contributed by atoms with Crippen molar-refractivity contribution < 1.29 is 27.6 Å². The summed E-state index contributed by atoms with van der Waals surface area (Å²) in [4.78, 5) is 0. The molecule has 7 heteroatoms. The largest absolute Gasteiger partial charge is 0.530 e. The van der Waals surface area contributed by atoms with Crippen molar-refractivity contribution in [3.63, 3.8) is 0 Å². The van der Waals surface area contributed by atoms with Gasteiger partial charge in [-0.3, -0.25) is 9.05 Å². The first-order valence-electron chi connectivity index (χ1n) is 9.22. The molecular weight excluding hydrogens is 379 g/mol. The highest BCUT2D eigenvalue weighted by Crippen LogP contribution is 2.55. The molecule has 0 unspecified atom stereocenters. The molecule has 0 amide bonds. The van der Waals surface area contributed by atoms with Gasteiger partial charge in [-0.05, 0) is 37.1 Å². The third-order valence-corrected chi connectivity index (χ3v) is 6.01. The Bertz CT molecular complexity index is 784. The van der Waals surface area contributed by atoms with Gasteiger partial charge in [0.05, 0.1) is 27.4 Å². The predicted molar refractivity (Wildman–Crippen MR) is 110 cm³/mol. The minimum atomic E-state index is -3.80. The monoisotopic (exact) mass is 408 g/mol. The first kappa shape index (κ1) is 22.3. The number of rotatable bonds is 10. The van der Waals surface area contributed by atoms with Gasteiger partial charge in [0.15, 0.2) is 11.5 Å². The minimum absolute atomic E-state index is 0.182. The van der Waals surface area contributed by atoms with Crippen LogP contribution in [0.2, 0.25) is 0 Å². The Morgan fingerprint density at radius 1 is 0.857 bits per heavy atom. The van der Waals surface area contributed by atoms with Crippen LogP contribution in [0.1, 0.15) is 38.8 Å². The summed E-state index contributed by atoms with van der Waals surface area (Å²) in [5.41, 5.74) is 1.79. The number of benzene rings is 2. The van der Waals surface area contributed by atoms with Gasteiger partial charge in [-0.2, -0.15) is 0 Å². The second-order valence-corrected chi connectivity index (χ2v) is 8.17. The summed E-state index contributed by atoms with van der Waals surface area (Å²) in [6, 6.07) is 13.8. The van der Waals surface area contributed by atoms with Crippen LogP contribution in [0.5, 0.6) is 17.2 Å². The zero-order valence-electron chi connectivity index (χ0n) is 17.4. The minimum Gasteiger partial charge on any atom is -0.493 e. The zero-order valence-corrected chi connectivity index (χ0v) is 18.2. The van der Waals surface area contributed by atoms with Crippen LogP contribution in [0.4, 0.5) is 0 Å². The fourth-order valence-electron chi connectivity index (χ4n) is 2.87. The molecule has 0 N–H and O–H groups in total. The smallest absolute Gasteiger partial charge is 0.493 e. The lowest BCUT2D eigenvalue weighted by atomic mass is 9.78. The van der Waals surface area contributed by atoms with Crippen LogP contribution in [0, 0.1) is 0 Å². The molecule has 0 aliphatic rings. The molecule has 0 atom stereocenters. The maximum Gasteiger partial charge on any atom is 0.530 e. The van der Waals surface area contributed by atoms with Gasteiger partial charge in [0.25, 0.3) is 0 Å². The second-order valence-electron chi connectivity index (χ2n) is 6.57. The van der Waals surface area contributed by atoms with Gasteiger partial charge < -0.3 is 14.0 Å². The van der Waals surface area contributed by atoms with E-state index in [2.05, 4.69) is 26.0 Å². The Morgan fingerprint density at radius 3 is 1.79 bits per heavy atom. The van der Waals surface area contributed by atoms with Crippen molar-refractivity contribution in [2.45, 2.75) is 33.1 Å². The third-order valence-electron chi connectivity index (χ3n) is 4.46. The maximum absolute atomic E-state index is 12.8. The lowest BCUT2D eigenvalue weighted by molar-refractivity contribution is 0.164. The van der Waals surface area contributed by atoms with E-state index in [1.165, 1.54) is 14.2 Å². The number of ether oxygens (including phenoxy) is 2. The van der Waals surface area contributed by atoms with Crippen LogP contribution in [-0.2, 0) is 19.0 Å². The van der Waals surface area contributed by atoms with Crippen LogP contribution in [-0.4, -0.2) is 27.4 Å². The molecule has 0 aliphatic carbocycles. The number of phosphoric ester groups is 1. The molecule has 0 radical (unpaired) electrons. The van der Waals surface area contributed by atoms with Gasteiger partial charge in [-0.1, -0.05) is 44.2 Å². The molecule has 2 aromatic carbocycles. The molecule has 0 heterocycles. The SMILES string of the molecule is CCOP(=O)(OCC)Oc1c(OC)cc(C(C)(C)c2ccccc2)cc1OC. The molecule has 0 bridgehead atoms. The van der Waals surface area contributed by atoms with Gasteiger partial charge in [0, 0.05) is 5.41 Å². The topological polar surface area (TPSA) is 63.2 Å². The number of hydrogen-bond acceptors (Lipinski definition) is 6. The highest BCUT2D eigenvalue weighted by molar-refractivity contribution is 7.48. The Balaban J connectivity index is 2.54. The van der Waals surface area contributed by atoms with Crippen LogP contribution in [0.15, 0.2) is 42.5 Å². The Hall–Kier alpha value is -2.01. The molecule has 0 saturated heterocycles. The summed E-state index contributed by atoms with van der Waals surface area (Å²) in [7, 11) is -0.753. The standard InChI is InChI=1S/C21H29O6P/c1-7-25-28(22,26-8-2)27-20-18(23-5)14-17(15-19(20)24-6)21(3,4)16-12-10-9-11-13-16/h9-15H,7-8H2,1-6H3. The van der Waals surface area contributed by atoms with Gasteiger partial charge in [-0.15, -0.1) is 0 Å². The fourth-order valence-corrected chi connectivity index (χ4v) is 4.09. The molecule has 154 valence electrons. The first-order chi connectivity index (χ1) is 13.3. The predicted octanol–water partition coefficient (Wildman–Crippen LogP) is 5.59. The molecule has 0 aromatic heterocycles. The number of hydrogen-bond donors (Lipinski definition) is 0. The summed E-state index contributed by atoms with van der Waals surface area (Å²) in [6.45, 7) is 8.02. The normalized spacial score (nSPS) is 11.9. The molecule has 0 saturated carbocycles. The molecule has 0 spiro atoms. The van der Waals surface area contributed by atoms with Crippen molar-refractivity contribution >= 4 is 7.82 Å². The van der Waals surface area contributed by atoms with Crippen molar-refractivity contribution in [2.75, 3.05) is 27.4 Å². The Morgan fingerprint density at radius 2 is 1.36 bits per heavy atom. The van der Waals surface area contributed by atoms with Crippen LogP contribution in [0.25, 0.3) is 0 Å². The highest BCUT2D eigenvalue weighted by Gasteiger charge is 2.33. The second kappa shape index (κ2) is 9.46. The van der Waals surface area contributed by atoms with Crippen molar-refractivity contribution in [2.24, 2.45) is 0 Å². The average Bonchev–Trinajstić information content (AvgIpc) is 2.68. The van der Waals surface area contributed by atoms with Gasteiger partial charge >= 0.3 is 7.82 Å². The van der Waals surface area contributed by atoms with E-state index in [1.54, 1.807) is 13.8 Å². The lowest BCUT2D eigenvalue weighted by Gasteiger charge is -2.28. The molecule has 2 rings (SSSR count).